The molecule has 1 aliphatic rings. The molecule has 0 radical (unpaired) electrons. The first-order chi connectivity index (χ1) is 17.7. The lowest BCUT2D eigenvalue weighted by Gasteiger charge is -2.22. The molecule has 2 aromatic carbocycles. The number of thiophene rings is 1. The van der Waals surface area contributed by atoms with Crippen LogP contribution in [0, 0.1) is 11.8 Å². The fraction of sp³-hybridized carbons (Fsp3) is 0.214. The highest BCUT2D eigenvalue weighted by Gasteiger charge is 2.21. The van der Waals surface area contributed by atoms with Crippen LogP contribution in [-0.2, 0) is 6.54 Å². The summed E-state index contributed by atoms with van der Waals surface area (Å²) in [6.07, 6.45) is 7.77. The van der Waals surface area contributed by atoms with Crippen LogP contribution in [0.3, 0.4) is 0 Å². The Morgan fingerprint density at radius 1 is 1.08 bits per heavy atom. The van der Waals surface area contributed by atoms with Crippen molar-refractivity contribution < 1.29 is 4.74 Å². The molecule has 3 aromatic heterocycles. The molecule has 0 aliphatic heterocycles. The minimum absolute atomic E-state index is 0.556. The molecule has 6 nitrogen and oxygen atoms in total. The lowest BCUT2D eigenvalue weighted by atomic mass is 9.83. The van der Waals surface area contributed by atoms with Gasteiger partial charge in [0.2, 0.25) is 0 Å². The zero-order valence-corrected chi connectivity index (χ0v) is 21.4. The maximum absolute atomic E-state index is 5.20. The van der Waals surface area contributed by atoms with E-state index in [0.29, 0.717) is 18.3 Å². The van der Waals surface area contributed by atoms with Crippen molar-refractivity contribution in [1.82, 2.24) is 25.2 Å². The topological polar surface area (TPSA) is 65.7 Å². The highest BCUT2D eigenvalue weighted by Crippen LogP contribution is 2.36. The molecule has 1 saturated carbocycles. The summed E-state index contributed by atoms with van der Waals surface area (Å²) in [6.45, 7) is 0.556. The minimum Gasteiger partial charge on any atom is -0.497 e. The van der Waals surface area contributed by atoms with E-state index >= 15 is 0 Å². The molecule has 0 spiro atoms. The summed E-state index contributed by atoms with van der Waals surface area (Å²) in [5.74, 6) is 8.59. The van der Waals surface area contributed by atoms with Crippen LogP contribution in [0.5, 0.6) is 5.75 Å². The normalized spacial score (nSPS) is 13.6. The zero-order chi connectivity index (χ0) is 24.3. The maximum Gasteiger partial charge on any atom is 0.197 e. The van der Waals surface area contributed by atoms with Crippen molar-refractivity contribution in [3.63, 3.8) is 0 Å². The van der Waals surface area contributed by atoms with Crippen molar-refractivity contribution in [2.45, 2.75) is 31.7 Å². The molecule has 6 rings (SSSR count). The standard InChI is InChI=1S/C28H23N5OS2/c1-34-23-9-5-20(6-10-23)17-33-31-27(30-32-33)13-11-24-16-22-15-19(7-12-26(22)36-24)8-14-28-29-25(18-35-28)21-3-2-4-21/h5-7,9-13,15-16,18,21H,2-4,17H2,1H3/b13-11+. The number of aromatic nitrogens is 5. The molecule has 36 heavy (non-hydrogen) atoms. The van der Waals surface area contributed by atoms with Gasteiger partial charge in [-0.05, 0) is 83.5 Å². The summed E-state index contributed by atoms with van der Waals surface area (Å²) in [4.78, 5) is 7.44. The third kappa shape index (κ3) is 5.08. The van der Waals surface area contributed by atoms with Crippen molar-refractivity contribution in [3.05, 3.63) is 86.4 Å². The van der Waals surface area contributed by atoms with Gasteiger partial charge in [0, 0.05) is 26.4 Å². The Labute approximate surface area is 217 Å². The predicted octanol–water partition coefficient (Wildman–Crippen LogP) is 6.24. The highest BCUT2D eigenvalue weighted by molar-refractivity contribution is 7.19. The molecule has 0 atom stereocenters. The van der Waals surface area contributed by atoms with E-state index in [1.54, 1.807) is 34.6 Å². The van der Waals surface area contributed by atoms with E-state index in [9.17, 15) is 0 Å². The minimum atomic E-state index is 0.556. The van der Waals surface area contributed by atoms with Crippen LogP contribution in [0.4, 0.5) is 0 Å². The van der Waals surface area contributed by atoms with Gasteiger partial charge in [-0.25, -0.2) is 4.98 Å². The molecule has 178 valence electrons. The van der Waals surface area contributed by atoms with Gasteiger partial charge in [-0.2, -0.15) is 4.80 Å². The van der Waals surface area contributed by atoms with Crippen LogP contribution < -0.4 is 4.74 Å². The zero-order valence-electron chi connectivity index (χ0n) is 19.7. The summed E-state index contributed by atoms with van der Waals surface area (Å²) in [5, 5.41) is 17.0. The van der Waals surface area contributed by atoms with Crippen molar-refractivity contribution >= 4 is 44.9 Å². The van der Waals surface area contributed by atoms with E-state index in [2.05, 4.69) is 56.9 Å². The Kier molecular flexibility index (Phi) is 6.33. The van der Waals surface area contributed by atoms with Crippen LogP contribution in [-0.4, -0.2) is 32.3 Å². The van der Waals surface area contributed by atoms with Gasteiger partial charge in [0.05, 0.1) is 19.3 Å². The molecule has 5 aromatic rings. The first kappa shape index (κ1) is 22.7. The van der Waals surface area contributed by atoms with E-state index in [1.807, 2.05) is 36.4 Å². The van der Waals surface area contributed by atoms with E-state index in [4.69, 9.17) is 9.72 Å². The summed E-state index contributed by atoms with van der Waals surface area (Å²) in [6, 6.07) is 16.4. The van der Waals surface area contributed by atoms with Crippen molar-refractivity contribution in [2.75, 3.05) is 7.11 Å². The van der Waals surface area contributed by atoms with Gasteiger partial charge in [0.1, 0.15) is 5.75 Å². The maximum atomic E-state index is 5.20. The molecule has 8 heteroatoms. The number of rotatable bonds is 6. The second-order valence-corrected chi connectivity index (χ2v) is 10.7. The Morgan fingerprint density at radius 2 is 1.97 bits per heavy atom. The molecule has 0 N–H and O–H groups in total. The molecule has 0 unspecified atom stereocenters. The SMILES string of the molecule is COc1ccc(Cn2nnc(/C=C/c3cc4cc(C#Cc5nc(C6CCC6)cs5)ccc4s3)n2)cc1. The van der Waals surface area contributed by atoms with Gasteiger partial charge in [0.25, 0.3) is 0 Å². The van der Waals surface area contributed by atoms with Crippen LogP contribution in [0.15, 0.2) is 53.9 Å². The average Bonchev–Trinajstić information content (AvgIpc) is 3.60. The second-order valence-electron chi connectivity index (χ2n) is 8.72. The number of hydrogen-bond donors (Lipinski definition) is 0. The predicted molar refractivity (Wildman–Crippen MR) is 145 cm³/mol. The molecule has 3 heterocycles. The van der Waals surface area contributed by atoms with Gasteiger partial charge in [-0.1, -0.05) is 24.5 Å². The third-order valence-electron chi connectivity index (χ3n) is 6.24. The quantitative estimate of drug-likeness (QED) is 0.254. The average molecular weight is 510 g/mol. The summed E-state index contributed by atoms with van der Waals surface area (Å²) < 4.78 is 6.42. The van der Waals surface area contributed by atoms with Crippen molar-refractivity contribution in [1.29, 1.82) is 0 Å². The van der Waals surface area contributed by atoms with Crippen LogP contribution in [0.1, 0.15) is 57.7 Å². The number of hydrogen-bond acceptors (Lipinski definition) is 7. The van der Waals surface area contributed by atoms with E-state index < -0.39 is 0 Å². The van der Waals surface area contributed by atoms with Gasteiger partial charge in [-0.15, -0.1) is 32.9 Å². The molecule has 0 bridgehead atoms. The van der Waals surface area contributed by atoms with Gasteiger partial charge >= 0.3 is 0 Å². The molecule has 1 fully saturated rings. The van der Waals surface area contributed by atoms with Crippen molar-refractivity contribution in [2.24, 2.45) is 0 Å². The monoisotopic (exact) mass is 509 g/mol. The molecule has 1 aliphatic carbocycles. The van der Waals surface area contributed by atoms with Crippen LogP contribution in [0.2, 0.25) is 0 Å². The highest BCUT2D eigenvalue weighted by atomic mass is 32.1. The summed E-state index contributed by atoms with van der Waals surface area (Å²) in [7, 11) is 1.66. The fourth-order valence-electron chi connectivity index (χ4n) is 4.02. The Balaban J connectivity index is 1.12. The largest absolute Gasteiger partial charge is 0.497 e. The van der Waals surface area contributed by atoms with Gasteiger partial charge < -0.3 is 4.74 Å². The second kappa shape index (κ2) is 10.1. The molecule has 0 saturated heterocycles. The number of tetrazole rings is 1. The third-order valence-corrected chi connectivity index (χ3v) is 8.10. The molecular weight excluding hydrogens is 486 g/mol. The lowest BCUT2D eigenvalue weighted by molar-refractivity contribution is 0.412. The smallest absolute Gasteiger partial charge is 0.197 e. The van der Waals surface area contributed by atoms with E-state index in [1.165, 1.54) is 35.0 Å². The van der Waals surface area contributed by atoms with E-state index in [-0.39, 0.29) is 0 Å². The Bertz CT molecular complexity index is 1600. The summed E-state index contributed by atoms with van der Waals surface area (Å²) in [5.41, 5.74) is 3.30. The Morgan fingerprint density at radius 3 is 2.78 bits per heavy atom. The number of ether oxygens (including phenoxy) is 1. The summed E-state index contributed by atoms with van der Waals surface area (Å²) >= 11 is 3.37. The first-order valence-electron chi connectivity index (χ1n) is 11.8. The van der Waals surface area contributed by atoms with Gasteiger partial charge in [-0.3, -0.25) is 0 Å². The number of benzene rings is 2. The lowest BCUT2D eigenvalue weighted by Crippen LogP contribution is -2.08. The van der Waals surface area contributed by atoms with Crippen LogP contribution >= 0.6 is 22.7 Å². The van der Waals surface area contributed by atoms with E-state index in [0.717, 1.165) is 26.8 Å². The van der Waals surface area contributed by atoms with Crippen molar-refractivity contribution in [3.8, 4) is 17.6 Å². The molecular formula is C28H23N5OS2. The van der Waals surface area contributed by atoms with Crippen LogP contribution in [0.25, 0.3) is 22.2 Å². The first-order valence-corrected chi connectivity index (χ1v) is 13.5. The number of fused-ring (bicyclic) bond motifs is 1. The van der Waals surface area contributed by atoms with Gasteiger partial charge in [0.15, 0.2) is 10.8 Å². The number of thiazole rings is 1. The molecule has 0 amide bonds. The Hall–Kier alpha value is -3.80. The number of nitrogens with zero attached hydrogens (tertiary/aromatic N) is 5. The number of methoxy groups -OCH3 is 1. The fourth-order valence-corrected chi connectivity index (χ4v) is 5.72.